The molecule has 19 heavy (non-hydrogen) atoms. The van der Waals surface area contributed by atoms with E-state index in [1.807, 2.05) is 20.8 Å². The molecule has 0 amide bonds. The maximum absolute atomic E-state index is 12.8. The number of hydrogen-bond acceptors (Lipinski definition) is 3. The molecular formula is C14H21NO3S. The molecule has 2 rings (SSSR count). The fraction of sp³-hybridized carbons (Fsp3) is 0.571. The van der Waals surface area contributed by atoms with Crippen molar-refractivity contribution in [2.24, 2.45) is 0 Å². The number of ether oxygens (including phenoxy) is 1. The normalized spacial score (nSPS) is 20.7. The number of aryl methyl sites for hydroxylation is 2. The Morgan fingerprint density at radius 2 is 1.84 bits per heavy atom. The standard InChI is InChI=1S/C14H21NO3S/c1-10-8-13(18-4)9-11(2)14(10)19(16,17)15-7-5-6-12(15)3/h8-9,12H,5-7H2,1-4H3. The molecule has 1 aromatic rings. The fourth-order valence-corrected chi connectivity index (χ4v) is 4.93. The zero-order valence-corrected chi connectivity index (χ0v) is 12.8. The van der Waals surface area contributed by atoms with Gasteiger partial charge >= 0.3 is 0 Å². The first kappa shape index (κ1) is 14.3. The van der Waals surface area contributed by atoms with Crippen LogP contribution >= 0.6 is 0 Å². The molecule has 1 atom stereocenters. The van der Waals surface area contributed by atoms with Crippen molar-refractivity contribution in [2.75, 3.05) is 13.7 Å². The minimum absolute atomic E-state index is 0.0888. The summed E-state index contributed by atoms with van der Waals surface area (Å²) < 4.78 is 32.3. The van der Waals surface area contributed by atoms with Crippen molar-refractivity contribution in [1.29, 1.82) is 0 Å². The topological polar surface area (TPSA) is 46.6 Å². The highest BCUT2D eigenvalue weighted by molar-refractivity contribution is 7.89. The van der Waals surface area contributed by atoms with Crippen LogP contribution in [0.25, 0.3) is 0 Å². The van der Waals surface area contributed by atoms with E-state index in [1.165, 1.54) is 0 Å². The molecule has 1 aromatic carbocycles. The number of hydrogen-bond donors (Lipinski definition) is 0. The SMILES string of the molecule is COc1cc(C)c(S(=O)(=O)N2CCCC2C)c(C)c1. The summed E-state index contributed by atoms with van der Waals surface area (Å²) in [5, 5.41) is 0. The van der Waals surface area contributed by atoms with Gasteiger partial charge in [0.1, 0.15) is 5.75 Å². The third-order valence-corrected chi connectivity index (χ3v) is 6.05. The van der Waals surface area contributed by atoms with E-state index in [0.29, 0.717) is 17.2 Å². The molecule has 1 fully saturated rings. The maximum Gasteiger partial charge on any atom is 0.243 e. The van der Waals surface area contributed by atoms with Crippen molar-refractivity contribution in [3.05, 3.63) is 23.3 Å². The monoisotopic (exact) mass is 283 g/mol. The van der Waals surface area contributed by atoms with Crippen molar-refractivity contribution in [1.82, 2.24) is 4.31 Å². The number of benzene rings is 1. The highest BCUT2D eigenvalue weighted by atomic mass is 32.2. The van der Waals surface area contributed by atoms with E-state index >= 15 is 0 Å². The van der Waals surface area contributed by atoms with Crippen LogP contribution in [0.5, 0.6) is 5.75 Å². The molecule has 0 spiro atoms. The second-order valence-electron chi connectivity index (χ2n) is 5.20. The largest absolute Gasteiger partial charge is 0.497 e. The third kappa shape index (κ3) is 2.49. The second kappa shape index (κ2) is 5.13. The van der Waals surface area contributed by atoms with Gasteiger partial charge in [0.15, 0.2) is 0 Å². The van der Waals surface area contributed by atoms with Crippen LogP contribution in [0.2, 0.25) is 0 Å². The Morgan fingerprint density at radius 3 is 2.26 bits per heavy atom. The first-order valence-electron chi connectivity index (χ1n) is 6.55. The molecule has 0 N–H and O–H groups in total. The summed E-state index contributed by atoms with van der Waals surface area (Å²) in [4.78, 5) is 0.432. The van der Waals surface area contributed by atoms with Gasteiger partial charge in [0.2, 0.25) is 10.0 Å². The molecule has 5 heteroatoms. The lowest BCUT2D eigenvalue weighted by atomic mass is 10.1. The van der Waals surface area contributed by atoms with Gasteiger partial charge in [-0.2, -0.15) is 4.31 Å². The zero-order valence-electron chi connectivity index (χ0n) is 11.9. The molecule has 0 bridgehead atoms. The first-order chi connectivity index (χ1) is 8.87. The summed E-state index contributed by atoms with van der Waals surface area (Å²) in [6, 6.07) is 3.65. The molecule has 1 heterocycles. The molecule has 0 radical (unpaired) electrons. The average Bonchev–Trinajstić information content (AvgIpc) is 2.74. The Hall–Kier alpha value is -1.07. The Balaban J connectivity index is 2.52. The summed E-state index contributed by atoms with van der Waals surface area (Å²) in [6.45, 7) is 6.24. The molecule has 0 aliphatic carbocycles. The summed E-state index contributed by atoms with van der Waals surface area (Å²) in [5.74, 6) is 0.698. The molecule has 106 valence electrons. The van der Waals surface area contributed by atoms with Crippen molar-refractivity contribution in [3.63, 3.8) is 0 Å². The van der Waals surface area contributed by atoms with Gasteiger partial charge < -0.3 is 4.74 Å². The van der Waals surface area contributed by atoms with E-state index in [-0.39, 0.29) is 6.04 Å². The summed E-state index contributed by atoms with van der Waals surface area (Å²) >= 11 is 0. The number of rotatable bonds is 3. The van der Waals surface area contributed by atoms with Crippen molar-refractivity contribution < 1.29 is 13.2 Å². The molecule has 4 nitrogen and oxygen atoms in total. The van der Waals surface area contributed by atoms with Crippen LogP contribution in [0, 0.1) is 13.8 Å². The van der Waals surface area contributed by atoms with Crippen molar-refractivity contribution in [2.45, 2.75) is 44.6 Å². The minimum atomic E-state index is -3.40. The summed E-state index contributed by atoms with van der Waals surface area (Å²) in [5.41, 5.74) is 1.49. The van der Waals surface area contributed by atoms with Gasteiger partial charge in [-0.3, -0.25) is 0 Å². The zero-order chi connectivity index (χ0) is 14.2. The van der Waals surface area contributed by atoms with E-state index in [2.05, 4.69) is 0 Å². The fourth-order valence-electron chi connectivity index (χ4n) is 2.82. The Bertz CT molecular complexity index is 557. The van der Waals surface area contributed by atoms with Crippen LogP contribution in [0.15, 0.2) is 17.0 Å². The predicted molar refractivity (Wildman–Crippen MR) is 75.1 cm³/mol. The highest BCUT2D eigenvalue weighted by Crippen LogP contribution is 2.31. The Kier molecular flexibility index (Phi) is 3.87. The maximum atomic E-state index is 12.8. The van der Waals surface area contributed by atoms with Crippen LogP contribution in [0.3, 0.4) is 0 Å². The molecule has 1 aliphatic rings. The van der Waals surface area contributed by atoms with Crippen molar-refractivity contribution >= 4 is 10.0 Å². The highest BCUT2D eigenvalue weighted by Gasteiger charge is 2.34. The number of methoxy groups -OCH3 is 1. The van der Waals surface area contributed by atoms with Crippen LogP contribution < -0.4 is 4.74 Å². The quantitative estimate of drug-likeness (QED) is 0.856. The minimum Gasteiger partial charge on any atom is -0.497 e. The summed E-state index contributed by atoms with van der Waals surface area (Å²) in [6.07, 6.45) is 1.88. The smallest absolute Gasteiger partial charge is 0.243 e. The molecular weight excluding hydrogens is 262 g/mol. The van der Waals surface area contributed by atoms with Gasteiger partial charge in [-0.1, -0.05) is 0 Å². The Labute approximate surface area is 115 Å². The van der Waals surface area contributed by atoms with Gasteiger partial charge in [0.05, 0.1) is 12.0 Å². The molecule has 1 aliphatic heterocycles. The molecule has 0 saturated carbocycles. The number of nitrogens with zero attached hydrogens (tertiary/aromatic N) is 1. The third-order valence-electron chi connectivity index (χ3n) is 3.73. The van der Waals surface area contributed by atoms with E-state index in [4.69, 9.17) is 4.74 Å². The van der Waals surface area contributed by atoms with Gasteiger partial charge in [0, 0.05) is 12.6 Å². The Morgan fingerprint density at radius 1 is 1.26 bits per heavy atom. The van der Waals surface area contributed by atoms with Gasteiger partial charge in [0.25, 0.3) is 0 Å². The van der Waals surface area contributed by atoms with Gasteiger partial charge in [-0.25, -0.2) is 8.42 Å². The van der Waals surface area contributed by atoms with Crippen LogP contribution in [0.1, 0.15) is 30.9 Å². The van der Waals surface area contributed by atoms with E-state index in [1.54, 1.807) is 23.5 Å². The van der Waals surface area contributed by atoms with E-state index in [0.717, 1.165) is 24.0 Å². The predicted octanol–water partition coefficient (Wildman–Crippen LogP) is 2.49. The molecule has 1 unspecified atom stereocenters. The van der Waals surface area contributed by atoms with Crippen LogP contribution in [-0.4, -0.2) is 32.4 Å². The lowest BCUT2D eigenvalue weighted by Gasteiger charge is -2.23. The summed E-state index contributed by atoms with van der Waals surface area (Å²) in [7, 11) is -1.81. The lowest BCUT2D eigenvalue weighted by molar-refractivity contribution is 0.405. The van der Waals surface area contributed by atoms with E-state index in [9.17, 15) is 8.42 Å². The molecule has 1 saturated heterocycles. The van der Waals surface area contributed by atoms with Crippen LogP contribution in [0.4, 0.5) is 0 Å². The van der Waals surface area contributed by atoms with Crippen molar-refractivity contribution in [3.8, 4) is 5.75 Å². The number of sulfonamides is 1. The van der Waals surface area contributed by atoms with Gasteiger partial charge in [-0.05, 0) is 56.9 Å². The lowest BCUT2D eigenvalue weighted by Crippen LogP contribution is -2.34. The van der Waals surface area contributed by atoms with E-state index < -0.39 is 10.0 Å². The first-order valence-corrected chi connectivity index (χ1v) is 7.99. The second-order valence-corrected chi connectivity index (χ2v) is 7.02. The van der Waals surface area contributed by atoms with Gasteiger partial charge in [-0.15, -0.1) is 0 Å². The molecule has 0 aromatic heterocycles. The van der Waals surface area contributed by atoms with Crippen LogP contribution in [-0.2, 0) is 10.0 Å². The average molecular weight is 283 g/mol.